The Morgan fingerprint density at radius 1 is 1.38 bits per heavy atom. The molecule has 0 saturated carbocycles. The normalized spacial score (nSPS) is 12.8. The van der Waals surface area contributed by atoms with Crippen molar-refractivity contribution in [3.8, 4) is 0 Å². The van der Waals surface area contributed by atoms with E-state index in [2.05, 4.69) is 33.9 Å². The third-order valence-electron chi connectivity index (χ3n) is 2.07. The van der Waals surface area contributed by atoms with E-state index in [1.54, 1.807) is 0 Å². The fourth-order valence-corrected chi connectivity index (χ4v) is 1.88. The second-order valence-electron chi connectivity index (χ2n) is 3.22. The Morgan fingerprint density at radius 2 is 2.23 bits per heavy atom. The van der Waals surface area contributed by atoms with Gasteiger partial charge in [-0.3, -0.25) is 4.98 Å². The molecule has 0 spiro atoms. The summed E-state index contributed by atoms with van der Waals surface area (Å²) in [6.07, 6.45) is 6.91. The molecular formula is C11H16BrN. The first-order valence-electron chi connectivity index (χ1n) is 4.89. The van der Waals surface area contributed by atoms with Crippen LogP contribution >= 0.6 is 15.9 Å². The van der Waals surface area contributed by atoms with Gasteiger partial charge in [0.1, 0.15) is 0 Å². The van der Waals surface area contributed by atoms with Crippen LogP contribution in [0.2, 0.25) is 0 Å². The third kappa shape index (κ3) is 3.90. The Kier molecular flexibility index (Phi) is 5.06. The van der Waals surface area contributed by atoms with Crippen LogP contribution in [0.4, 0.5) is 0 Å². The van der Waals surface area contributed by atoms with Crippen molar-refractivity contribution >= 4 is 15.9 Å². The maximum Gasteiger partial charge on any atom is 0.0568 e. The molecule has 1 rings (SSSR count). The largest absolute Gasteiger partial charge is 0.260 e. The highest BCUT2D eigenvalue weighted by Gasteiger charge is 2.06. The average Bonchev–Trinajstić information content (AvgIpc) is 2.19. The van der Waals surface area contributed by atoms with Crippen molar-refractivity contribution in [3.63, 3.8) is 0 Å². The molecule has 0 aliphatic heterocycles. The molecule has 1 unspecified atom stereocenters. The minimum absolute atomic E-state index is 0.431. The van der Waals surface area contributed by atoms with Crippen molar-refractivity contribution in [2.75, 3.05) is 0 Å². The number of aromatic nitrogens is 1. The van der Waals surface area contributed by atoms with E-state index < -0.39 is 0 Å². The van der Waals surface area contributed by atoms with Gasteiger partial charge in [0.15, 0.2) is 0 Å². The Balaban J connectivity index is 2.35. The molecule has 0 bridgehead atoms. The summed E-state index contributed by atoms with van der Waals surface area (Å²) >= 11 is 3.65. The molecule has 0 radical (unpaired) electrons. The fraction of sp³-hybridized carbons (Fsp3) is 0.545. The lowest BCUT2D eigenvalue weighted by atomic mass is 10.1. The van der Waals surface area contributed by atoms with Crippen molar-refractivity contribution in [1.82, 2.24) is 4.98 Å². The molecule has 1 heterocycles. The topological polar surface area (TPSA) is 12.9 Å². The van der Waals surface area contributed by atoms with Gasteiger partial charge in [-0.05, 0) is 18.6 Å². The molecule has 0 saturated heterocycles. The molecule has 72 valence electrons. The van der Waals surface area contributed by atoms with Crippen LogP contribution in [0.5, 0.6) is 0 Å². The van der Waals surface area contributed by atoms with Crippen LogP contribution in [-0.4, -0.2) is 4.98 Å². The number of halogens is 1. The summed E-state index contributed by atoms with van der Waals surface area (Å²) in [5.74, 6) is 0. The highest BCUT2D eigenvalue weighted by Crippen LogP contribution is 2.26. The number of alkyl halides is 1. The minimum Gasteiger partial charge on any atom is -0.260 e. The van der Waals surface area contributed by atoms with Gasteiger partial charge in [-0.25, -0.2) is 0 Å². The maximum absolute atomic E-state index is 4.31. The zero-order valence-corrected chi connectivity index (χ0v) is 9.63. The third-order valence-corrected chi connectivity index (χ3v) is 3.00. The molecule has 0 aliphatic rings. The highest BCUT2D eigenvalue weighted by molar-refractivity contribution is 9.09. The summed E-state index contributed by atoms with van der Waals surface area (Å²) in [4.78, 5) is 4.74. The molecule has 1 nitrogen and oxygen atoms in total. The van der Waals surface area contributed by atoms with Crippen molar-refractivity contribution in [2.45, 2.75) is 37.4 Å². The van der Waals surface area contributed by atoms with Crippen LogP contribution in [0.3, 0.4) is 0 Å². The molecular weight excluding hydrogens is 226 g/mol. The van der Waals surface area contributed by atoms with E-state index in [0.29, 0.717) is 4.83 Å². The van der Waals surface area contributed by atoms with Crippen LogP contribution in [0, 0.1) is 0 Å². The molecule has 13 heavy (non-hydrogen) atoms. The first-order valence-corrected chi connectivity index (χ1v) is 5.81. The molecule has 2 heteroatoms. The number of nitrogens with zero attached hydrogens (tertiary/aromatic N) is 1. The van der Waals surface area contributed by atoms with Gasteiger partial charge in [-0.15, -0.1) is 0 Å². The lowest BCUT2D eigenvalue weighted by molar-refractivity contribution is 0.657. The van der Waals surface area contributed by atoms with Crippen LogP contribution in [0.15, 0.2) is 24.4 Å². The lowest BCUT2D eigenvalue weighted by Crippen LogP contribution is -1.92. The summed E-state index contributed by atoms with van der Waals surface area (Å²) < 4.78 is 0. The average molecular weight is 242 g/mol. The first kappa shape index (κ1) is 10.7. The van der Waals surface area contributed by atoms with Gasteiger partial charge < -0.3 is 0 Å². The van der Waals surface area contributed by atoms with Gasteiger partial charge in [0.25, 0.3) is 0 Å². The van der Waals surface area contributed by atoms with E-state index in [1.807, 2.05) is 18.3 Å². The van der Waals surface area contributed by atoms with Crippen molar-refractivity contribution in [3.05, 3.63) is 30.1 Å². The molecule has 1 aromatic rings. The van der Waals surface area contributed by atoms with E-state index in [0.717, 1.165) is 5.69 Å². The van der Waals surface area contributed by atoms with E-state index in [1.165, 1.54) is 25.7 Å². The van der Waals surface area contributed by atoms with E-state index in [9.17, 15) is 0 Å². The maximum atomic E-state index is 4.31. The summed E-state index contributed by atoms with van der Waals surface area (Å²) in [7, 11) is 0. The minimum atomic E-state index is 0.431. The number of rotatable bonds is 5. The van der Waals surface area contributed by atoms with Crippen molar-refractivity contribution in [1.29, 1.82) is 0 Å². The molecule has 1 atom stereocenters. The molecule has 0 amide bonds. The Morgan fingerprint density at radius 3 is 2.85 bits per heavy atom. The Hall–Kier alpha value is -0.370. The molecule has 1 aromatic heterocycles. The molecule has 0 aliphatic carbocycles. The first-order chi connectivity index (χ1) is 6.34. The Bertz CT molecular complexity index is 223. The second kappa shape index (κ2) is 6.14. The molecule has 0 fully saturated rings. The van der Waals surface area contributed by atoms with Gasteiger partial charge in [-0.2, -0.15) is 0 Å². The predicted molar refractivity (Wildman–Crippen MR) is 60.0 cm³/mol. The van der Waals surface area contributed by atoms with Crippen molar-refractivity contribution in [2.24, 2.45) is 0 Å². The summed E-state index contributed by atoms with van der Waals surface area (Å²) in [5.41, 5.74) is 1.15. The smallest absolute Gasteiger partial charge is 0.0568 e. The number of pyridine rings is 1. The SMILES string of the molecule is CCCCCC(Br)c1ccccn1. The summed E-state index contributed by atoms with van der Waals surface area (Å²) in [6.45, 7) is 2.23. The monoisotopic (exact) mass is 241 g/mol. The zero-order chi connectivity index (χ0) is 9.52. The van der Waals surface area contributed by atoms with Gasteiger partial charge in [0.05, 0.1) is 10.5 Å². The van der Waals surface area contributed by atoms with Crippen molar-refractivity contribution < 1.29 is 0 Å². The lowest BCUT2D eigenvalue weighted by Gasteiger charge is -2.07. The molecule has 0 N–H and O–H groups in total. The van der Waals surface area contributed by atoms with Crippen LogP contribution < -0.4 is 0 Å². The molecule has 0 aromatic carbocycles. The van der Waals surface area contributed by atoms with Gasteiger partial charge >= 0.3 is 0 Å². The van der Waals surface area contributed by atoms with Crippen LogP contribution in [0.25, 0.3) is 0 Å². The highest BCUT2D eigenvalue weighted by atomic mass is 79.9. The number of hydrogen-bond donors (Lipinski definition) is 0. The standard InChI is InChI=1S/C11H16BrN/c1-2-3-4-7-10(12)11-8-5-6-9-13-11/h5-6,8-10H,2-4,7H2,1H3. The predicted octanol–water partition coefficient (Wildman–Crippen LogP) is 4.10. The van der Waals surface area contributed by atoms with E-state index in [-0.39, 0.29) is 0 Å². The van der Waals surface area contributed by atoms with E-state index >= 15 is 0 Å². The zero-order valence-electron chi connectivity index (χ0n) is 8.04. The van der Waals surface area contributed by atoms with Gasteiger partial charge in [-0.1, -0.05) is 48.2 Å². The van der Waals surface area contributed by atoms with Crippen LogP contribution in [-0.2, 0) is 0 Å². The summed E-state index contributed by atoms with van der Waals surface area (Å²) in [5, 5.41) is 0. The van der Waals surface area contributed by atoms with E-state index in [4.69, 9.17) is 0 Å². The van der Waals surface area contributed by atoms with Crippen LogP contribution in [0.1, 0.15) is 43.1 Å². The Labute approximate surface area is 88.7 Å². The number of unbranched alkanes of at least 4 members (excludes halogenated alkanes) is 2. The second-order valence-corrected chi connectivity index (χ2v) is 4.32. The van der Waals surface area contributed by atoms with Gasteiger partial charge in [0, 0.05) is 6.20 Å². The number of hydrogen-bond acceptors (Lipinski definition) is 1. The van der Waals surface area contributed by atoms with Gasteiger partial charge in [0.2, 0.25) is 0 Å². The quantitative estimate of drug-likeness (QED) is 0.559. The summed E-state index contributed by atoms with van der Waals surface area (Å²) in [6, 6.07) is 6.07. The fourth-order valence-electron chi connectivity index (χ4n) is 1.28.